The van der Waals surface area contributed by atoms with E-state index in [-0.39, 0.29) is 24.5 Å². The Morgan fingerprint density at radius 1 is 1.14 bits per heavy atom. The second kappa shape index (κ2) is 5.22. The number of hydrogen-bond donors (Lipinski definition) is 1. The molecule has 0 saturated carbocycles. The van der Waals surface area contributed by atoms with Gasteiger partial charge in [0, 0.05) is 6.54 Å². The van der Waals surface area contributed by atoms with Gasteiger partial charge in [0.25, 0.3) is 0 Å². The molecular weight excluding hydrogens is 215 g/mol. The smallest absolute Gasteiger partial charge is 0.326 e. The van der Waals surface area contributed by atoms with Crippen LogP contribution in [0.2, 0.25) is 0 Å². The van der Waals surface area contributed by atoms with Gasteiger partial charge in [-0.1, -0.05) is 24.3 Å². The lowest BCUT2D eigenvalue weighted by atomic mass is 10.1. The summed E-state index contributed by atoms with van der Waals surface area (Å²) >= 11 is 0. The maximum atomic E-state index is 11.9. The lowest BCUT2D eigenvalue weighted by molar-refractivity contribution is -0.127. The third-order valence-corrected chi connectivity index (χ3v) is 1.63. The average molecular weight is 226 g/mol. The lowest BCUT2D eigenvalue weighted by Crippen LogP contribution is -2.11. The van der Waals surface area contributed by atoms with Gasteiger partial charge in [0.05, 0.1) is 6.42 Å². The van der Waals surface area contributed by atoms with Crippen LogP contribution in [0.3, 0.4) is 0 Å². The first-order chi connectivity index (χ1) is 6.01. The van der Waals surface area contributed by atoms with Gasteiger partial charge in [0.1, 0.15) is 0 Å². The van der Waals surface area contributed by atoms with Crippen molar-refractivity contribution in [1.82, 2.24) is 0 Å². The minimum Gasteiger partial charge on any atom is -0.326 e. The molecule has 80 valence electrons. The van der Waals surface area contributed by atoms with Crippen molar-refractivity contribution in [3.05, 3.63) is 35.4 Å². The summed E-state index contributed by atoms with van der Waals surface area (Å²) in [6.07, 6.45) is -5.03. The van der Waals surface area contributed by atoms with Crippen LogP contribution in [0.25, 0.3) is 0 Å². The molecule has 0 bridgehead atoms. The van der Waals surface area contributed by atoms with Crippen molar-refractivity contribution in [3.63, 3.8) is 0 Å². The van der Waals surface area contributed by atoms with Crippen LogP contribution in [0.1, 0.15) is 11.1 Å². The van der Waals surface area contributed by atoms with E-state index in [0.29, 0.717) is 0 Å². The summed E-state index contributed by atoms with van der Waals surface area (Å²) in [5, 5.41) is 0. The van der Waals surface area contributed by atoms with Crippen molar-refractivity contribution in [2.45, 2.75) is 19.1 Å². The topological polar surface area (TPSA) is 26.0 Å². The number of hydrogen-bond acceptors (Lipinski definition) is 1. The fourth-order valence-corrected chi connectivity index (χ4v) is 1.10. The molecular formula is C9H11ClF3N. The Hall–Kier alpha value is -0.740. The maximum absolute atomic E-state index is 11.9. The van der Waals surface area contributed by atoms with Crippen molar-refractivity contribution in [3.8, 4) is 0 Å². The molecule has 0 heterocycles. The zero-order valence-corrected chi connectivity index (χ0v) is 8.16. The first kappa shape index (κ1) is 13.3. The van der Waals surface area contributed by atoms with Gasteiger partial charge < -0.3 is 5.73 Å². The Morgan fingerprint density at radius 2 is 1.71 bits per heavy atom. The van der Waals surface area contributed by atoms with Crippen LogP contribution in [0, 0.1) is 0 Å². The Kier molecular flexibility index (Phi) is 4.94. The highest BCUT2D eigenvalue weighted by molar-refractivity contribution is 5.85. The monoisotopic (exact) mass is 225 g/mol. The zero-order chi connectivity index (χ0) is 9.90. The highest BCUT2D eigenvalue weighted by Crippen LogP contribution is 2.21. The molecule has 2 N–H and O–H groups in total. The van der Waals surface area contributed by atoms with Crippen LogP contribution in [0.5, 0.6) is 0 Å². The van der Waals surface area contributed by atoms with Gasteiger partial charge >= 0.3 is 6.18 Å². The molecule has 0 atom stereocenters. The Balaban J connectivity index is 0.00000169. The number of nitrogens with two attached hydrogens (primary N) is 1. The lowest BCUT2D eigenvalue weighted by Gasteiger charge is -2.06. The minimum atomic E-state index is -4.15. The van der Waals surface area contributed by atoms with Crippen LogP contribution in [-0.4, -0.2) is 6.18 Å². The fourth-order valence-electron chi connectivity index (χ4n) is 1.10. The molecule has 5 heteroatoms. The molecule has 0 unspecified atom stereocenters. The SMILES string of the molecule is Cl.NCc1cccc(CC(F)(F)F)c1. The van der Waals surface area contributed by atoms with E-state index in [0.717, 1.165) is 5.56 Å². The van der Waals surface area contributed by atoms with Crippen molar-refractivity contribution >= 4 is 12.4 Å². The van der Waals surface area contributed by atoms with Crippen LogP contribution >= 0.6 is 12.4 Å². The summed E-state index contributed by atoms with van der Waals surface area (Å²) in [5.74, 6) is 0. The van der Waals surface area contributed by atoms with Gasteiger partial charge in [-0.25, -0.2) is 0 Å². The number of benzene rings is 1. The van der Waals surface area contributed by atoms with Gasteiger partial charge in [-0.3, -0.25) is 0 Å². The number of halogens is 4. The van der Waals surface area contributed by atoms with Crippen molar-refractivity contribution < 1.29 is 13.2 Å². The molecule has 0 amide bonds. The van der Waals surface area contributed by atoms with E-state index in [4.69, 9.17) is 5.73 Å². The summed E-state index contributed by atoms with van der Waals surface area (Å²) in [7, 11) is 0. The molecule has 0 radical (unpaired) electrons. The highest BCUT2D eigenvalue weighted by atomic mass is 35.5. The van der Waals surface area contributed by atoms with Crippen LogP contribution in [-0.2, 0) is 13.0 Å². The second-order valence-electron chi connectivity index (χ2n) is 2.82. The van der Waals surface area contributed by atoms with Crippen LogP contribution in [0.15, 0.2) is 24.3 Å². The Morgan fingerprint density at radius 3 is 2.21 bits per heavy atom. The summed E-state index contributed by atoms with van der Waals surface area (Å²) in [6.45, 7) is 0.270. The van der Waals surface area contributed by atoms with Gasteiger partial charge in [0.2, 0.25) is 0 Å². The first-order valence-corrected chi connectivity index (χ1v) is 3.86. The number of alkyl halides is 3. The molecule has 1 nitrogen and oxygen atoms in total. The standard InChI is InChI=1S/C9H10F3N.ClH/c10-9(11,12)5-7-2-1-3-8(4-7)6-13;/h1-4H,5-6,13H2;1H. The van der Waals surface area contributed by atoms with Gasteiger partial charge in [-0.15, -0.1) is 12.4 Å². The minimum absolute atomic E-state index is 0. The van der Waals surface area contributed by atoms with E-state index in [2.05, 4.69) is 0 Å². The van der Waals surface area contributed by atoms with E-state index >= 15 is 0 Å². The summed E-state index contributed by atoms with van der Waals surface area (Å²) in [4.78, 5) is 0. The molecule has 1 aromatic carbocycles. The molecule has 14 heavy (non-hydrogen) atoms. The maximum Gasteiger partial charge on any atom is 0.393 e. The predicted octanol–water partition coefficient (Wildman–Crippen LogP) is 2.67. The molecule has 0 aliphatic carbocycles. The van der Waals surface area contributed by atoms with E-state index in [1.165, 1.54) is 12.1 Å². The Bertz CT molecular complexity index is 286. The van der Waals surface area contributed by atoms with Gasteiger partial charge in [0.15, 0.2) is 0 Å². The molecule has 1 aromatic rings. The van der Waals surface area contributed by atoms with Gasteiger partial charge in [-0.05, 0) is 11.1 Å². The van der Waals surface area contributed by atoms with E-state index in [1.807, 2.05) is 0 Å². The van der Waals surface area contributed by atoms with Crippen LogP contribution in [0.4, 0.5) is 13.2 Å². The van der Waals surface area contributed by atoms with Crippen molar-refractivity contribution in [2.75, 3.05) is 0 Å². The van der Waals surface area contributed by atoms with E-state index in [1.54, 1.807) is 12.1 Å². The highest BCUT2D eigenvalue weighted by Gasteiger charge is 2.27. The number of rotatable bonds is 2. The van der Waals surface area contributed by atoms with Crippen molar-refractivity contribution in [2.24, 2.45) is 5.73 Å². The quantitative estimate of drug-likeness (QED) is 0.823. The second-order valence-corrected chi connectivity index (χ2v) is 2.82. The molecule has 0 fully saturated rings. The average Bonchev–Trinajstić information content (AvgIpc) is 2.01. The zero-order valence-electron chi connectivity index (χ0n) is 7.34. The molecule has 1 rings (SSSR count). The third-order valence-electron chi connectivity index (χ3n) is 1.63. The first-order valence-electron chi connectivity index (χ1n) is 3.86. The molecule has 0 spiro atoms. The summed E-state index contributed by atoms with van der Waals surface area (Å²) in [5.41, 5.74) is 6.28. The largest absolute Gasteiger partial charge is 0.393 e. The fraction of sp³-hybridized carbons (Fsp3) is 0.333. The summed E-state index contributed by atoms with van der Waals surface area (Å²) < 4.78 is 35.8. The molecule has 0 saturated heterocycles. The summed E-state index contributed by atoms with van der Waals surface area (Å²) in [6, 6.07) is 6.23. The van der Waals surface area contributed by atoms with Crippen molar-refractivity contribution in [1.29, 1.82) is 0 Å². The predicted molar refractivity (Wildman–Crippen MR) is 51.3 cm³/mol. The van der Waals surface area contributed by atoms with Crippen LogP contribution < -0.4 is 5.73 Å². The van der Waals surface area contributed by atoms with Gasteiger partial charge in [-0.2, -0.15) is 13.2 Å². The molecule has 0 aliphatic heterocycles. The molecule has 0 aliphatic rings. The molecule has 0 aromatic heterocycles. The normalized spacial score (nSPS) is 10.9. The van der Waals surface area contributed by atoms with E-state index in [9.17, 15) is 13.2 Å². The van der Waals surface area contributed by atoms with E-state index < -0.39 is 12.6 Å². The Labute approximate surface area is 86.5 Å². The third kappa shape index (κ3) is 4.48.